The van der Waals surface area contributed by atoms with Gasteiger partial charge in [0, 0.05) is 19.7 Å². The molecule has 25 heavy (non-hydrogen) atoms. The zero-order valence-electron chi connectivity index (χ0n) is 14.8. The first kappa shape index (κ1) is 19.2. The van der Waals surface area contributed by atoms with Crippen molar-refractivity contribution in [1.29, 1.82) is 0 Å². The van der Waals surface area contributed by atoms with Crippen LogP contribution in [0.4, 0.5) is 0 Å². The molecule has 1 N–H and O–H groups in total. The molecule has 0 fully saturated rings. The number of rotatable bonds is 8. The molecule has 2 aromatic rings. The zero-order valence-corrected chi connectivity index (χ0v) is 15.6. The van der Waals surface area contributed by atoms with Gasteiger partial charge in [-0.15, -0.1) is 0 Å². The van der Waals surface area contributed by atoms with Gasteiger partial charge in [0.05, 0.1) is 20.3 Å². The van der Waals surface area contributed by atoms with Gasteiger partial charge in [0.1, 0.15) is 16.4 Å². The molecular weight excluding hydrogens is 342 g/mol. The number of sulfonamides is 1. The Hall–Kier alpha value is -2.09. The molecule has 0 heterocycles. The van der Waals surface area contributed by atoms with Crippen LogP contribution in [0.2, 0.25) is 0 Å². The second-order valence-corrected chi connectivity index (χ2v) is 7.18. The second-order valence-electron chi connectivity index (χ2n) is 5.45. The van der Waals surface area contributed by atoms with E-state index in [9.17, 15) is 8.42 Å². The van der Waals surface area contributed by atoms with Crippen LogP contribution in [0.25, 0.3) is 0 Å². The van der Waals surface area contributed by atoms with Gasteiger partial charge in [-0.1, -0.05) is 24.3 Å². The van der Waals surface area contributed by atoms with Crippen molar-refractivity contribution in [2.75, 3.05) is 27.9 Å². The second kappa shape index (κ2) is 8.33. The number of aryl methyl sites for hydroxylation is 1. The van der Waals surface area contributed by atoms with Gasteiger partial charge in [-0.05, 0) is 30.2 Å². The maximum Gasteiger partial charge on any atom is 0.244 e. The molecule has 0 amide bonds. The molecule has 0 saturated carbocycles. The summed E-state index contributed by atoms with van der Waals surface area (Å²) in [6, 6.07) is 12.3. The lowest BCUT2D eigenvalue weighted by Gasteiger charge is -2.19. The standard InChI is InChI=1S/C18H23NO5S/c1-13-7-5-6-8-15(13)17(24-4)12-19-25(20,21)18-11-14(22-2)9-10-16(18)23-3/h5-11,17,19H,12H2,1-4H3. The van der Waals surface area contributed by atoms with Gasteiger partial charge in [-0.2, -0.15) is 0 Å². The number of ether oxygens (including phenoxy) is 3. The minimum absolute atomic E-state index is 0.0222. The maximum absolute atomic E-state index is 12.7. The van der Waals surface area contributed by atoms with E-state index in [-0.39, 0.29) is 17.2 Å². The molecule has 2 aromatic carbocycles. The molecule has 0 aliphatic carbocycles. The molecule has 0 aromatic heterocycles. The van der Waals surface area contributed by atoms with Crippen molar-refractivity contribution < 1.29 is 22.6 Å². The third-order valence-electron chi connectivity index (χ3n) is 3.94. The predicted molar refractivity (Wildman–Crippen MR) is 95.7 cm³/mol. The fourth-order valence-electron chi connectivity index (χ4n) is 2.53. The SMILES string of the molecule is COc1ccc(OC)c(S(=O)(=O)NCC(OC)c2ccccc2C)c1. The number of benzene rings is 2. The van der Waals surface area contributed by atoms with E-state index < -0.39 is 16.1 Å². The van der Waals surface area contributed by atoms with E-state index in [2.05, 4.69) is 4.72 Å². The van der Waals surface area contributed by atoms with Gasteiger partial charge in [-0.3, -0.25) is 0 Å². The van der Waals surface area contributed by atoms with Crippen LogP contribution in [-0.4, -0.2) is 36.3 Å². The van der Waals surface area contributed by atoms with Crippen LogP contribution in [0.5, 0.6) is 11.5 Å². The third kappa shape index (κ3) is 4.50. The van der Waals surface area contributed by atoms with E-state index in [1.165, 1.54) is 20.3 Å². The summed E-state index contributed by atoms with van der Waals surface area (Å²) < 4.78 is 43.8. The molecule has 0 saturated heterocycles. The Morgan fingerprint density at radius 3 is 2.36 bits per heavy atom. The Kier molecular flexibility index (Phi) is 6.41. The highest BCUT2D eigenvalue weighted by Gasteiger charge is 2.23. The molecular formula is C18H23NO5S. The average molecular weight is 365 g/mol. The summed E-state index contributed by atoms with van der Waals surface area (Å²) in [5, 5.41) is 0. The molecule has 6 nitrogen and oxygen atoms in total. The summed E-state index contributed by atoms with van der Waals surface area (Å²) in [6.45, 7) is 2.06. The van der Waals surface area contributed by atoms with Gasteiger partial charge < -0.3 is 14.2 Å². The van der Waals surface area contributed by atoms with Gasteiger partial charge in [0.25, 0.3) is 0 Å². The number of methoxy groups -OCH3 is 3. The predicted octanol–water partition coefficient (Wildman–Crippen LogP) is 2.68. The molecule has 1 unspecified atom stereocenters. The van der Waals surface area contributed by atoms with Crippen molar-refractivity contribution in [2.45, 2.75) is 17.9 Å². The van der Waals surface area contributed by atoms with Crippen LogP contribution < -0.4 is 14.2 Å². The van der Waals surface area contributed by atoms with E-state index in [1.807, 2.05) is 31.2 Å². The highest BCUT2D eigenvalue weighted by atomic mass is 32.2. The molecule has 0 aliphatic heterocycles. The Labute approximate surface area is 148 Å². The van der Waals surface area contributed by atoms with Crippen molar-refractivity contribution in [1.82, 2.24) is 4.72 Å². The fraction of sp³-hybridized carbons (Fsp3) is 0.333. The largest absolute Gasteiger partial charge is 0.497 e. The van der Waals surface area contributed by atoms with Gasteiger partial charge in [-0.25, -0.2) is 13.1 Å². The fourth-order valence-corrected chi connectivity index (χ4v) is 3.74. The summed E-state index contributed by atoms with van der Waals surface area (Å²) in [6.07, 6.45) is -0.396. The van der Waals surface area contributed by atoms with Gasteiger partial charge in [0.2, 0.25) is 10.0 Å². The first-order valence-corrected chi connectivity index (χ1v) is 9.21. The number of nitrogens with one attached hydrogen (secondary N) is 1. The first-order chi connectivity index (χ1) is 11.9. The third-order valence-corrected chi connectivity index (χ3v) is 5.38. The minimum atomic E-state index is -3.80. The van der Waals surface area contributed by atoms with Crippen LogP contribution in [0.1, 0.15) is 17.2 Å². The maximum atomic E-state index is 12.7. The molecule has 1 atom stereocenters. The first-order valence-electron chi connectivity index (χ1n) is 7.73. The minimum Gasteiger partial charge on any atom is -0.497 e. The Morgan fingerprint density at radius 2 is 1.76 bits per heavy atom. The molecule has 2 rings (SSSR count). The smallest absolute Gasteiger partial charge is 0.244 e. The van der Waals surface area contributed by atoms with E-state index >= 15 is 0 Å². The van der Waals surface area contributed by atoms with Crippen molar-refractivity contribution in [3.8, 4) is 11.5 Å². The van der Waals surface area contributed by atoms with Crippen molar-refractivity contribution in [2.24, 2.45) is 0 Å². The quantitative estimate of drug-likeness (QED) is 0.779. The van der Waals surface area contributed by atoms with E-state index in [0.717, 1.165) is 11.1 Å². The summed E-state index contributed by atoms with van der Waals surface area (Å²) in [7, 11) is 0.656. The highest BCUT2D eigenvalue weighted by molar-refractivity contribution is 7.89. The summed E-state index contributed by atoms with van der Waals surface area (Å²) in [5.74, 6) is 0.682. The van der Waals surface area contributed by atoms with Crippen LogP contribution in [0.15, 0.2) is 47.4 Å². The lowest BCUT2D eigenvalue weighted by molar-refractivity contribution is 0.107. The highest BCUT2D eigenvalue weighted by Crippen LogP contribution is 2.28. The van der Waals surface area contributed by atoms with Crippen LogP contribution in [0.3, 0.4) is 0 Å². The lowest BCUT2D eigenvalue weighted by atomic mass is 10.0. The molecule has 136 valence electrons. The normalized spacial score (nSPS) is 12.6. The Morgan fingerprint density at radius 1 is 1.04 bits per heavy atom. The van der Waals surface area contributed by atoms with Gasteiger partial charge >= 0.3 is 0 Å². The van der Waals surface area contributed by atoms with E-state index in [1.54, 1.807) is 19.2 Å². The van der Waals surface area contributed by atoms with Crippen molar-refractivity contribution in [3.63, 3.8) is 0 Å². The van der Waals surface area contributed by atoms with E-state index in [4.69, 9.17) is 14.2 Å². The van der Waals surface area contributed by atoms with Crippen LogP contribution in [0, 0.1) is 6.92 Å². The zero-order chi connectivity index (χ0) is 18.4. The number of hydrogen-bond donors (Lipinski definition) is 1. The van der Waals surface area contributed by atoms with Crippen molar-refractivity contribution >= 4 is 10.0 Å². The summed E-state index contributed by atoms with van der Waals surface area (Å²) in [4.78, 5) is 0.0222. The number of hydrogen-bond acceptors (Lipinski definition) is 5. The Bertz CT molecular complexity index is 820. The topological polar surface area (TPSA) is 73.9 Å². The average Bonchev–Trinajstić information content (AvgIpc) is 2.63. The monoisotopic (exact) mass is 365 g/mol. The molecule has 0 spiro atoms. The summed E-state index contributed by atoms with van der Waals surface area (Å²) in [5.41, 5.74) is 1.97. The van der Waals surface area contributed by atoms with Crippen LogP contribution >= 0.6 is 0 Å². The lowest BCUT2D eigenvalue weighted by Crippen LogP contribution is -2.30. The van der Waals surface area contributed by atoms with Gasteiger partial charge in [0.15, 0.2) is 0 Å². The molecule has 0 bridgehead atoms. The Balaban J connectivity index is 2.25. The van der Waals surface area contributed by atoms with Crippen LogP contribution in [-0.2, 0) is 14.8 Å². The summed E-state index contributed by atoms with van der Waals surface area (Å²) >= 11 is 0. The molecule has 0 aliphatic rings. The van der Waals surface area contributed by atoms with Crippen molar-refractivity contribution in [3.05, 3.63) is 53.6 Å². The van der Waals surface area contributed by atoms with E-state index in [0.29, 0.717) is 5.75 Å². The molecule has 7 heteroatoms. The molecule has 0 radical (unpaired) electrons.